The van der Waals surface area contributed by atoms with Gasteiger partial charge in [-0.15, -0.1) is 0 Å². The van der Waals surface area contributed by atoms with Crippen LogP contribution in [0.5, 0.6) is 5.75 Å². The van der Waals surface area contributed by atoms with Crippen molar-refractivity contribution in [2.45, 2.75) is 6.54 Å². The average molecular weight is 383 g/mol. The van der Waals surface area contributed by atoms with Gasteiger partial charge >= 0.3 is 0 Å². The molecule has 0 amide bonds. The Morgan fingerprint density at radius 2 is 1.92 bits per heavy atom. The zero-order valence-electron chi connectivity index (χ0n) is 13.0. The second kappa shape index (κ2) is 6.17. The highest BCUT2D eigenvalue weighted by atomic mass is 79.9. The molecule has 4 nitrogen and oxygen atoms in total. The Morgan fingerprint density at radius 1 is 1.12 bits per heavy atom. The lowest BCUT2D eigenvalue weighted by Crippen LogP contribution is -2.01. The molecule has 2 heterocycles. The Morgan fingerprint density at radius 3 is 2.71 bits per heavy atom. The van der Waals surface area contributed by atoms with Crippen LogP contribution in [-0.2, 0) is 6.54 Å². The first-order valence-electron chi connectivity index (χ1n) is 7.59. The molecule has 0 aliphatic heterocycles. The van der Waals surface area contributed by atoms with E-state index < -0.39 is 0 Å². The summed E-state index contributed by atoms with van der Waals surface area (Å²) in [5.41, 5.74) is 2.82. The number of hydrogen-bond acceptors (Lipinski definition) is 4. The third-order valence-electron chi connectivity index (χ3n) is 3.98. The number of pyridine rings is 1. The van der Waals surface area contributed by atoms with Gasteiger partial charge in [0.1, 0.15) is 17.2 Å². The van der Waals surface area contributed by atoms with Crippen LogP contribution in [0.25, 0.3) is 21.9 Å². The summed E-state index contributed by atoms with van der Waals surface area (Å²) in [6, 6.07) is 16.0. The number of benzene rings is 2. The number of methoxy groups -OCH3 is 1. The second-order valence-corrected chi connectivity index (χ2v) is 6.31. The number of hydrogen-bond donors (Lipinski definition) is 1. The molecular formula is C19H15BrN2O2. The number of fused-ring (bicyclic) bond motifs is 3. The van der Waals surface area contributed by atoms with E-state index in [2.05, 4.69) is 26.2 Å². The predicted octanol–water partition coefficient (Wildman–Crippen LogP) is 5.36. The number of aromatic nitrogens is 1. The first kappa shape index (κ1) is 15.0. The third-order valence-corrected chi connectivity index (χ3v) is 4.54. The lowest BCUT2D eigenvalue weighted by atomic mass is 10.1. The molecule has 120 valence electrons. The maximum atomic E-state index is 5.96. The smallest absolute Gasteiger partial charge is 0.154 e. The van der Waals surface area contributed by atoms with E-state index in [0.29, 0.717) is 6.54 Å². The van der Waals surface area contributed by atoms with Crippen LogP contribution in [0.3, 0.4) is 0 Å². The Labute approximate surface area is 147 Å². The van der Waals surface area contributed by atoms with Crippen LogP contribution in [0.15, 0.2) is 63.6 Å². The van der Waals surface area contributed by atoms with E-state index in [1.165, 1.54) is 0 Å². The molecule has 4 rings (SSSR count). The molecule has 0 aliphatic rings. The molecule has 0 bridgehead atoms. The summed E-state index contributed by atoms with van der Waals surface area (Å²) < 4.78 is 12.0. The van der Waals surface area contributed by atoms with Gasteiger partial charge in [-0.2, -0.15) is 0 Å². The summed E-state index contributed by atoms with van der Waals surface area (Å²) >= 11 is 3.52. The fourth-order valence-corrected chi connectivity index (χ4v) is 3.14. The van der Waals surface area contributed by atoms with E-state index in [-0.39, 0.29) is 0 Å². The van der Waals surface area contributed by atoms with Gasteiger partial charge in [0.05, 0.1) is 17.0 Å². The monoisotopic (exact) mass is 382 g/mol. The van der Waals surface area contributed by atoms with Crippen molar-refractivity contribution in [3.63, 3.8) is 0 Å². The van der Waals surface area contributed by atoms with Crippen LogP contribution < -0.4 is 10.1 Å². The molecule has 2 aromatic heterocycles. The summed E-state index contributed by atoms with van der Waals surface area (Å²) in [6.07, 6.45) is 1.76. The summed E-state index contributed by atoms with van der Waals surface area (Å²) in [5.74, 6) is 1.66. The van der Waals surface area contributed by atoms with Crippen molar-refractivity contribution < 1.29 is 9.15 Å². The molecule has 0 unspecified atom stereocenters. The molecule has 24 heavy (non-hydrogen) atoms. The molecule has 1 N–H and O–H groups in total. The first-order valence-corrected chi connectivity index (χ1v) is 8.38. The topological polar surface area (TPSA) is 47.3 Å². The van der Waals surface area contributed by atoms with Gasteiger partial charge in [0, 0.05) is 18.1 Å². The maximum Gasteiger partial charge on any atom is 0.154 e. The molecule has 0 radical (unpaired) electrons. The molecule has 0 spiro atoms. The minimum atomic E-state index is 0.674. The van der Waals surface area contributed by atoms with Crippen molar-refractivity contribution >= 4 is 43.7 Å². The van der Waals surface area contributed by atoms with E-state index in [1.54, 1.807) is 13.3 Å². The van der Waals surface area contributed by atoms with Gasteiger partial charge in [0.15, 0.2) is 5.58 Å². The molecule has 0 fully saturated rings. The predicted molar refractivity (Wildman–Crippen MR) is 99.5 cm³/mol. The molecule has 0 atom stereocenters. The molecule has 0 saturated carbocycles. The SMILES string of the molecule is COc1ccc(CNc2ncc(Br)c3oc4ccccc4c23)cc1. The fourth-order valence-electron chi connectivity index (χ4n) is 2.76. The van der Waals surface area contributed by atoms with Gasteiger partial charge in [-0.3, -0.25) is 0 Å². The largest absolute Gasteiger partial charge is 0.497 e. The Kier molecular flexibility index (Phi) is 3.86. The van der Waals surface area contributed by atoms with Crippen molar-refractivity contribution in [2.75, 3.05) is 12.4 Å². The van der Waals surface area contributed by atoms with Gasteiger partial charge in [-0.05, 0) is 39.7 Å². The van der Waals surface area contributed by atoms with E-state index >= 15 is 0 Å². The van der Waals surface area contributed by atoms with E-state index in [1.807, 2.05) is 48.5 Å². The van der Waals surface area contributed by atoms with Gasteiger partial charge in [-0.25, -0.2) is 4.98 Å². The lowest BCUT2D eigenvalue weighted by Gasteiger charge is -2.08. The third kappa shape index (κ3) is 2.61. The van der Waals surface area contributed by atoms with Crippen molar-refractivity contribution in [3.05, 3.63) is 64.8 Å². The number of nitrogens with zero attached hydrogens (tertiary/aromatic N) is 1. The van der Waals surface area contributed by atoms with Crippen molar-refractivity contribution in [1.29, 1.82) is 0 Å². The summed E-state index contributed by atoms with van der Waals surface area (Å²) in [4.78, 5) is 4.53. The van der Waals surface area contributed by atoms with Crippen LogP contribution in [0.1, 0.15) is 5.56 Å². The Bertz CT molecular complexity index is 1010. The highest BCUT2D eigenvalue weighted by Gasteiger charge is 2.14. The lowest BCUT2D eigenvalue weighted by molar-refractivity contribution is 0.414. The van der Waals surface area contributed by atoms with E-state index in [0.717, 1.165) is 43.5 Å². The number of rotatable bonds is 4. The zero-order valence-corrected chi connectivity index (χ0v) is 14.6. The van der Waals surface area contributed by atoms with Gasteiger partial charge < -0.3 is 14.5 Å². The molecule has 4 aromatic rings. The average Bonchev–Trinajstić information content (AvgIpc) is 3.02. The number of para-hydroxylation sites is 1. The van der Waals surface area contributed by atoms with Crippen LogP contribution >= 0.6 is 15.9 Å². The van der Waals surface area contributed by atoms with Crippen LogP contribution in [0.4, 0.5) is 5.82 Å². The standard InChI is InChI=1S/C19H15BrN2O2/c1-23-13-8-6-12(7-9-13)10-21-19-17-14-4-2-3-5-16(14)24-18(17)15(20)11-22-19/h2-9,11H,10H2,1H3,(H,21,22). The Balaban J connectivity index is 1.72. The van der Waals surface area contributed by atoms with E-state index in [9.17, 15) is 0 Å². The number of ether oxygens (including phenoxy) is 1. The summed E-state index contributed by atoms with van der Waals surface area (Å²) in [5, 5.41) is 5.46. The zero-order chi connectivity index (χ0) is 16.5. The molecule has 0 aliphatic carbocycles. The van der Waals surface area contributed by atoms with E-state index in [4.69, 9.17) is 9.15 Å². The highest BCUT2D eigenvalue weighted by Crippen LogP contribution is 2.36. The highest BCUT2D eigenvalue weighted by molar-refractivity contribution is 9.10. The summed E-state index contributed by atoms with van der Waals surface area (Å²) in [7, 11) is 1.67. The van der Waals surface area contributed by atoms with Crippen molar-refractivity contribution in [1.82, 2.24) is 4.98 Å². The number of halogens is 1. The minimum Gasteiger partial charge on any atom is -0.497 e. The number of nitrogens with one attached hydrogen (secondary N) is 1. The summed E-state index contributed by atoms with van der Waals surface area (Å²) in [6.45, 7) is 0.674. The first-order chi connectivity index (χ1) is 11.8. The number of anilines is 1. The van der Waals surface area contributed by atoms with Gasteiger partial charge in [0.2, 0.25) is 0 Å². The van der Waals surface area contributed by atoms with Crippen LogP contribution in [0, 0.1) is 0 Å². The molecule has 0 saturated heterocycles. The molecule has 5 heteroatoms. The molecule has 2 aromatic carbocycles. The maximum absolute atomic E-state index is 5.96. The quantitative estimate of drug-likeness (QED) is 0.515. The van der Waals surface area contributed by atoms with Crippen LogP contribution in [0.2, 0.25) is 0 Å². The minimum absolute atomic E-state index is 0.674. The van der Waals surface area contributed by atoms with Gasteiger partial charge in [-0.1, -0.05) is 30.3 Å². The fraction of sp³-hybridized carbons (Fsp3) is 0.105. The van der Waals surface area contributed by atoms with Crippen molar-refractivity contribution in [3.8, 4) is 5.75 Å². The second-order valence-electron chi connectivity index (χ2n) is 5.46. The Hall–Kier alpha value is -2.53. The van der Waals surface area contributed by atoms with Crippen LogP contribution in [-0.4, -0.2) is 12.1 Å². The van der Waals surface area contributed by atoms with Gasteiger partial charge in [0.25, 0.3) is 0 Å². The molecular weight excluding hydrogens is 368 g/mol. The normalized spacial score (nSPS) is 11.1. The van der Waals surface area contributed by atoms with Crippen molar-refractivity contribution in [2.24, 2.45) is 0 Å². The number of furan rings is 1.